The van der Waals surface area contributed by atoms with Gasteiger partial charge >= 0.3 is 0 Å². The summed E-state index contributed by atoms with van der Waals surface area (Å²) in [5.74, 6) is 0. The van der Waals surface area contributed by atoms with Gasteiger partial charge in [-0.3, -0.25) is 0 Å². The van der Waals surface area contributed by atoms with Gasteiger partial charge in [-0.15, -0.1) is 0 Å². The molecule has 0 fully saturated rings. The maximum atomic E-state index is 3.78. The van der Waals surface area contributed by atoms with E-state index in [4.69, 9.17) is 0 Å². The zero-order chi connectivity index (χ0) is 13.5. The van der Waals surface area contributed by atoms with Crippen molar-refractivity contribution in [3.8, 4) is 11.1 Å². The highest BCUT2D eigenvalue weighted by Gasteiger charge is 2.01. The molecule has 2 aromatic rings. The van der Waals surface area contributed by atoms with Crippen molar-refractivity contribution in [1.82, 2.24) is 0 Å². The molecule has 0 saturated heterocycles. The molecule has 2 rings (SSSR count). The molecule has 0 amide bonds. The van der Waals surface area contributed by atoms with Crippen molar-refractivity contribution in [2.45, 2.75) is 6.92 Å². The Hall–Kier alpha value is -2.34. The molecular weight excluding hydrogens is 228 g/mol. The zero-order valence-electron chi connectivity index (χ0n) is 11.2. The van der Waals surface area contributed by atoms with E-state index < -0.39 is 0 Å². The van der Waals surface area contributed by atoms with E-state index in [2.05, 4.69) is 61.2 Å². The van der Waals surface area contributed by atoms with Gasteiger partial charge in [-0.05, 0) is 35.3 Å². The van der Waals surface area contributed by atoms with E-state index >= 15 is 0 Å². The Kier molecular flexibility index (Phi) is 4.52. The summed E-state index contributed by atoms with van der Waals surface area (Å²) in [4.78, 5) is 0. The molecule has 0 atom stereocenters. The van der Waals surface area contributed by atoms with Crippen LogP contribution in [0, 0.1) is 0 Å². The van der Waals surface area contributed by atoms with Gasteiger partial charge in [0.05, 0.1) is 0 Å². The lowest BCUT2D eigenvalue weighted by Crippen LogP contribution is -1.83. The van der Waals surface area contributed by atoms with Gasteiger partial charge < -0.3 is 0 Å². The zero-order valence-corrected chi connectivity index (χ0v) is 11.2. The van der Waals surface area contributed by atoms with E-state index in [1.54, 1.807) is 0 Å². The lowest BCUT2D eigenvalue weighted by atomic mass is 9.98. The van der Waals surface area contributed by atoms with Crippen LogP contribution in [0.15, 0.2) is 85.5 Å². The number of hydrogen-bond acceptors (Lipinski definition) is 0. The molecule has 0 aliphatic carbocycles. The number of benzene rings is 2. The van der Waals surface area contributed by atoms with Gasteiger partial charge in [0, 0.05) is 0 Å². The van der Waals surface area contributed by atoms with Crippen LogP contribution in [-0.4, -0.2) is 0 Å². The van der Waals surface area contributed by atoms with E-state index in [1.165, 1.54) is 22.3 Å². The largest absolute Gasteiger partial charge is 0.0990 e. The summed E-state index contributed by atoms with van der Waals surface area (Å²) in [6.45, 7) is 5.80. The van der Waals surface area contributed by atoms with Crippen molar-refractivity contribution in [2.75, 3.05) is 0 Å². The van der Waals surface area contributed by atoms with Gasteiger partial charge in [-0.1, -0.05) is 79.4 Å². The second-order valence-corrected chi connectivity index (χ2v) is 4.30. The molecule has 0 nitrogen and oxygen atoms in total. The van der Waals surface area contributed by atoms with Crippen molar-refractivity contribution in [3.63, 3.8) is 0 Å². The molecule has 0 spiro atoms. The molecule has 0 radical (unpaired) electrons. The fourth-order valence-electron chi connectivity index (χ4n) is 2.06. The van der Waals surface area contributed by atoms with Crippen LogP contribution in [0.2, 0.25) is 0 Å². The first-order chi connectivity index (χ1) is 9.35. The average Bonchev–Trinajstić information content (AvgIpc) is 2.48. The summed E-state index contributed by atoms with van der Waals surface area (Å²) in [5, 5.41) is 0. The molecule has 19 heavy (non-hydrogen) atoms. The maximum Gasteiger partial charge on any atom is -0.0178 e. The Morgan fingerprint density at radius 2 is 1.68 bits per heavy atom. The lowest BCUT2D eigenvalue weighted by molar-refractivity contribution is 1.57. The topological polar surface area (TPSA) is 0 Å². The predicted octanol–water partition coefficient (Wildman–Crippen LogP) is 5.50. The molecule has 0 aliphatic heterocycles. The number of hydrogen-bond donors (Lipinski definition) is 0. The lowest BCUT2D eigenvalue weighted by Gasteiger charge is -2.06. The molecule has 0 heterocycles. The van der Waals surface area contributed by atoms with Gasteiger partial charge in [-0.25, -0.2) is 0 Å². The summed E-state index contributed by atoms with van der Waals surface area (Å²) < 4.78 is 0. The molecular formula is C19H18. The number of allylic oxidation sites excluding steroid dienone is 5. The second-order valence-electron chi connectivity index (χ2n) is 4.30. The van der Waals surface area contributed by atoms with Gasteiger partial charge in [0.2, 0.25) is 0 Å². The third-order valence-corrected chi connectivity index (χ3v) is 2.95. The first-order valence-electron chi connectivity index (χ1n) is 6.46. The van der Waals surface area contributed by atoms with E-state index in [1.807, 2.05) is 31.2 Å². The minimum atomic E-state index is 1.18. The minimum absolute atomic E-state index is 1.18. The van der Waals surface area contributed by atoms with Crippen LogP contribution in [0.3, 0.4) is 0 Å². The fourth-order valence-corrected chi connectivity index (χ4v) is 2.06. The highest BCUT2D eigenvalue weighted by Crippen LogP contribution is 2.24. The first kappa shape index (κ1) is 13.1. The molecule has 94 valence electrons. The van der Waals surface area contributed by atoms with Gasteiger partial charge in [0.15, 0.2) is 0 Å². The van der Waals surface area contributed by atoms with E-state index in [0.717, 1.165) is 0 Å². The summed E-state index contributed by atoms with van der Waals surface area (Å²) in [5.41, 5.74) is 4.86. The van der Waals surface area contributed by atoms with Gasteiger partial charge in [0.1, 0.15) is 0 Å². The maximum absolute atomic E-state index is 3.78. The van der Waals surface area contributed by atoms with Crippen LogP contribution in [0.5, 0.6) is 0 Å². The van der Waals surface area contributed by atoms with E-state index in [9.17, 15) is 0 Å². The molecule has 2 aromatic carbocycles. The Labute approximate surface area is 115 Å². The molecule has 0 N–H and O–H groups in total. The Balaban J connectivity index is 2.44. The standard InChI is InChI=1S/C19H18/c1-3-9-16(10-4-2)18-13-8-14-19(15-18)17-11-6-5-7-12-17/h3-15H,1H2,2H3/b10-4-,16-9+. The molecule has 0 heteroatoms. The highest BCUT2D eigenvalue weighted by atomic mass is 14.1. The van der Waals surface area contributed by atoms with Crippen LogP contribution in [-0.2, 0) is 0 Å². The average molecular weight is 246 g/mol. The van der Waals surface area contributed by atoms with E-state index in [0.29, 0.717) is 0 Å². The Morgan fingerprint density at radius 3 is 2.37 bits per heavy atom. The van der Waals surface area contributed by atoms with Crippen LogP contribution in [0.25, 0.3) is 16.7 Å². The van der Waals surface area contributed by atoms with Crippen molar-refractivity contribution in [1.29, 1.82) is 0 Å². The third kappa shape index (κ3) is 3.32. The van der Waals surface area contributed by atoms with Crippen molar-refractivity contribution >= 4 is 5.57 Å². The van der Waals surface area contributed by atoms with Gasteiger partial charge in [-0.2, -0.15) is 0 Å². The molecule has 0 aromatic heterocycles. The van der Waals surface area contributed by atoms with Gasteiger partial charge in [0.25, 0.3) is 0 Å². The van der Waals surface area contributed by atoms with Crippen LogP contribution >= 0.6 is 0 Å². The normalized spacial score (nSPS) is 11.7. The predicted molar refractivity (Wildman–Crippen MR) is 84.9 cm³/mol. The van der Waals surface area contributed by atoms with Crippen LogP contribution in [0.4, 0.5) is 0 Å². The second kappa shape index (κ2) is 6.55. The smallest absolute Gasteiger partial charge is 0.0178 e. The summed E-state index contributed by atoms with van der Waals surface area (Å²) in [6, 6.07) is 19.0. The van der Waals surface area contributed by atoms with Crippen molar-refractivity contribution in [2.24, 2.45) is 0 Å². The summed E-state index contributed by atoms with van der Waals surface area (Å²) in [7, 11) is 0. The Bertz CT molecular complexity index is 601. The highest BCUT2D eigenvalue weighted by molar-refractivity contribution is 5.78. The van der Waals surface area contributed by atoms with Crippen molar-refractivity contribution < 1.29 is 0 Å². The first-order valence-corrected chi connectivity index (χ1v) is 6.46. The number of rotatable bonds is 4. The SMILES string of the molecule is C=C/C=C(\C=C/C)c1cccc(-c2ccccc2)c1. The van der Waals surface area contributed by atoms with Crippen LogP contribution in [0.1, 0.15) is 12.5 Å². The molecule has 0 unspecified atom stereocenters. The Morgan fingerprint density at radius 1 is 0.947 bits per heavy atom. The summed E-state index contributed by atoms with van der Waals surface area (Å²) in [6.07, 6.45) is 8.00. The van der Waals surface area contributed by atoms with Crippen LogP contribution < -0.4 is 0 Å². The minimum Gasteiger partial charge on any atom is -0.0990 e. The fraction of sp³-hybridized carbons (Fsp3) is 0.0526. The monoisotopic (exact) mass is 246 g/mol. The summed E-state index contributed by atoms with van der Waals surface area (Å²) >= 11 is 0. The van der Waals surface area contributed by atoms with E-state index in [-0.39, 0.29) is 0 Å². The quantitative estimate of drug-likeness (QED) is 0.625. The third-order valence-electron chi connectivity index (χ3n) is 2.95. The molecule has 0 saturated carbocycles. The molecule has 0 bridgehead atoms. The van der Waals surface area contributed by atoms with Crippen molar-refractivity contribution in [3.05, 3.63) is 91.0 Å². The molecule has 0 aliphatic rings.